The summed E-state index contributed by atoms with van der Waals surface area (Å²) in [6.45, 7) is 5.00. The summed E-state index contributed by atoms with van der Waals surface area (Å²) in [5.74, 6) is 0.370. The van der Waals surface area contributed by atoms with Gasteiger partial charge < -0.3 is 15.2 Å². The Hall–Kier alpha value is -1.71. The third-order valence-corrected chi connectivity index (χ3v) is 4.10. The zero-order chi connectivity index (χ0) is 17.1. The number of hydrogen-bond acceptors (Lipinski definition) is 3. The van der Waals surface area contributed by atoms with E-state index in [2.05, 4.69) is 19.2 Å². The molecule has 1 aromatic carbocycles. The van der Waals surface area contributed by atoms with Gasteiger partial charge in [-0.2, -0.15) is 0 Å². The van der Waals surface area contributed by atoms with Crippen molar-refractivity contribution in [2.75, 3.05) is 13.7 Å². The molecule has 0 spiro atoms. The Kier molecular flexibility index (Phi) is 9.18. The second kappa shape index (κ2) is 10.9. The summed E-state index contributed by atoms with van der Waals surface area (Å²) >= 11 is 0. The summed E-state index contributed by atoms with van der Waals surface area (Å²) in [4.78, 5) is 12.5. The molecule has 1 atom stereocenters. The van der Waals surface area contributed by atoms with Gasteiger partial charge in [-0.3, -0.25) is 4.79 Å². The molecule has 0 fully saturated rings. The van der Waals surface area contributed by atoms with Crippen molar-refractivity contribution >= 4 is 5.91 Å². The first-order chi connectivity index (χ1) is 11.1. The third-order valence-electron chi connectivity index (χ3n) is 4.10. The summed E-state index contributed by atoms with van der Waals surface area (Å²) < 4.78 is 5.08. The monoisotopic (exact) mass is 321 g/mol. The maximum atomic E-state index is 12.5. The number of methoxy groups -OCH3 is 1. The first-order valence-electron chi connectivity index (χ1n) is 8.78. The maximum Gasteiger partial charge on any atom is 0.227 e. The van der Waals surface area contributed by atoms with Gasteiger partial charge in [-0.1, -0.05) is 52.0 Å². The van der Waals surface area contributed by atoms with E-state index in [1.807, 2.05) is 6.07 Å². The molecule has 4 heteroatoms. The van der Waals surface area contributed by atoms with Gasteiger partial charge in [0.2, 0.25) is 5.91 Å². The SMILES string of the molecule is CCCCCCC(C(=O)NCCCC)c1ccc(OC)c(O)c1. The smallest absolute Gasteiger partial charge is 0.227 e. The Bertz CT molecular complexity index is 474. The van der Waals surface area contributed by atoms with Gasteiger partial charge in [0.05, 0.1) is 13.0 Å². The summed E-state index contributed by atoms with van der Waals surface area (Å²) in [6.07, 6.45) is 7.38. The quantitative estimate of drug-likeness (QED) is 0.595. The van der Waals surface area contributed by atoms with Crippen molar-refractivity contribution in [2.45, 2.75) is 64.7 Å². The van der Waals surface area contributed by atoms with Crippen LogP contribution in [0.25, 0.3) is 0 Å². The summed E-state index contributed by atoms with van der Waals surface area (Å²) in [5.41, 5.74) is 0.855. The van der Waals surface area contributed by atoms with Crippen LogP contribution in [0.2, 0.25) is 0 Å². The molecule has 1 aromatic rings. The van der Waals surface area contributed by atoms with E-state index in [-0.39, 0.29) is 17.6 Å². The highest BCUT2D eigenvalue weighted by molar-refractivity contribution is 5.83. The highest BCUT2D eigenvalue weighted by atomic mass is 16.5. The van der Waals surface area contributed by atoms with Crippen LogP contribution in [0.3, 0.4) is 0 Å². The molecule has 0 aliphatic carbocycles. The number of carbonyl (C=O) groups excluding carboxylic acids is 1. The molecule has 0 heterocycles. The van der Waals surface area contributed by atoms with E-state index in [9.17, 15) is 9.90 Å². The van der Waals surface area contributed by atoms with Crippen LogP contribution < -0.4 is 10.1 Å². The molecule has 23 heavy (non-hydrogen) atoms. The number of hydrogen-bond donors (Lipinski definition) is 2. The fraction of sp³-hybridized carbons (Fsp3) is 0.632. The number of phenols is 1. The highest BCUT2D eigenvalue weighted by Gasteiger charge is 2.21. The van der Waals surface area contributed by atoms with Crippen molar-refractivity contribution in [3.05, 3.63) is 23.8 Å². The van der Waals surface area contributed by atoms with Gasteiger partial charge in [-0.05, 0) is 30.5 Å². The first kappa shape index (κ1) is 19.3. The molecule has 130 valence electrons. The Labute approximate surface area is 140 Å². The largest absolute Gasteiger partial charge is 0.504 e. The Morgan fingerprint density at radius 3 is 2.52 bits per heavy atom. The molecule has 1 amide bonds. The molecular formula is C19H31NO3. The minimum atomic E-state index is -0.208. The summed E-state index contributed by atoms with van der Waals surface area (Å²) in [7, 11) is 1.52. The number of aromatic hydroxyl groups is 1. The lowest BCUT2D eigenvalue weighted by atomic mass is 9.91. The van der Waals surface area contributed by atoms with Crippen LogP contribution in [0.5, 0.6) is 11.5 Å². The van der Waals surface area contributed by atoms with Gasteiger partial charge in [-0.25, -0.2) is 0 Å². The van der Waals surface area contributed by atoms with Gasteiger partial charge in [0.1, 0.15) is 0 Å². The summed E-state index contributed by atoms with van der Waals surface area (Å²) in [6, 6.07) is 5.26. The van der Waals surface area contributed by atoms with Gasteiger partial charge in [0, 0.05) is 6.54 Å². The molecule has 1 rings (SSSR count). The molecule has 0 bridgehead atoms. The van der Waals surface area contributed by atoms with Crippen molar-refractivity contribution < 1.29 is 14.6 Å². The number of carbonyl (C=O) groups is 1. The van der Waals surface area contributed by atoms with Gasteiger partial charge in [0.15, 0.2) is 11.5 Å². The molecule has 4 nitrogen and oxygen atoms in total. The average Bonchev–Trinajstić information content (AvgIpc) is 2.55. The standard InChI is InChI=1S/C19H31NO3/c1-4-6-8-9-10-16(19(22)20-13-7-5-2)15-11-12-18(23-3)17(21)14-15/h11-12,14,16,21H,4-10,13H2,1-3H3,(H,20,22). The minimum Gasteiger partial charge on any atom is -0.504 e. The first-order valence-corrected chi connectivity index (χ1v) is 8.78. The van der Waals surface area contributed by atoms with E-state index in [0.717, 1.165) is 37.7 Å². The van der Waals surface area contributed by atoms with Crippen molar-refractivity contribution in [1.82, 2.24) is 5.32 Å². The number of ether oxygens (including phenoxy) is 1. The lowest BCUT2D eigenvalue weighted by molar-refractivity contribution is -0.122. The zero-order valence-corrected chi connectivity index (χ0v) is 14.7. The van der Waals surface area contributed by atoms with E-state index < -0.39 is 0 Å². The second-order valence-electron chi connectivity index (χ2n) is 5.98. The number of unbranched alkanes of at least 4 members (excludes halogenated alkanes) is 4. The van der Waals surface area contributed by atoms with Crippen molar-refractivity contribution in [1.29, 1.82) is 0 Å². The van der Waals surface area contributed by atoms with Crippen molar-refractivity contribution in [3.63, 3.8) is 0 Å². The fourth-order valence-corrected chi connectivity index (χ4v) is 2.66. The van der Waals surface area contributed by atoms with Gasteiger partial charge in [0.25, 0.3) is 0 Å². The van der Waals surface area contributed by atoms with E-state index in [1.54, 1.807) is 12.1 Å². The lowest BCUT2D eigenvalue weighted by Gasteiger charge is -2.18. The topological polar surface area (TPSA) is 58.6 Å². The third kappa shape index (κ3) is 6.51. The van der Waals surface area contributed by atoms with Crippen LogP contribution in [0.4, 0.5) is 0 Å². The molecule has 0 aliphatic heterocycles. The zero-order valence-electron chi connectivity index (χ0n) is 14.7. The summed E-state index contributed by atoms with van der Waals surface area (Å²) in [5, 5.41) is 13.0. The van der Waals surface area contributed by atoms with Gasteiger partial charge in [-0.15, -0.1) is 0 Å². The molecular weight excluding hydrogens is 290 g/mol. The second-order valence-corrected chi connectivity index (χ2v) is 5.98. The van der Waals surface area contributed by atoms with E-state index in [1.165, 1.54) is 20.0 Å². The normalized spacial score (nSPS) is 12.0. The van der Waals surface area contributed by atoms with E-state index >= 15 is 0 Å². The van der Waals surface area contributed by atoms with E-state index in [4.69, 9.17) is 4.74 Å². The van der Waals surface area contributed by atoms with Crippen LogP contribution >= 0.6 is 0 Å². The minimum absolute atomic E-state index is 0.0551. The van der Waals surface area contributed by atoms with Crippen molar-refractivity contribution in [2.24, 2.45) is 0 Å². The lowest BCUT2D eigenvalue weighted by Crippen LogP contribution is -2.30. The predicted molar refractivity (Wildman–Crippen MR) is 94.1 cm³/mol. The molecule has 0 aromatic heterocycles. The molecule has 1 unspecified atom stereocenters. The van der Waals surface area contributed by atoms with Gasteiger partial charge >= 0.3 is 0 Å². The number of nitrogens with one attached hydrogen (secondary N) is 1. The maximum absolute atomic E-state index is 12.5. The fourth-order valence-electron chi connectivity index (χ4n) is 2.66. The predicted octanol–water partition coefficient (Wildman–Crippen LogP) is 4.37. The van der Waals surface area contributed by atoms with Crippen LogP contribution in [0.15, 0.2) is 18.2 Å². The Morgan fingerprint density at radius 2 is 1.91 bits per heavy atom. The number of amides is 1. The number of rotatable bonds is 11. The Balaban J connectivity index is 2.80. The molecule has 2 N–H and O–H groups in total. The molecule has 0 radical (unpaired) electrons. The average molecular weight is 321 g/mol. The number of benzene rings is 1. The van der Waals surface area contributed by atoms with Crippen LogP contribution in [-0.2, 0) is 4.79 Å². The highest BCUT2D eigenvalue weighted by Crippen LogP contribution is 2.32. The van der Waals surface area contributed by atoms with E-state index in [0.29, 0.717) is 12.3 Å². The van der Waals surface area contributed by atoms with Crippen LogP contribution in [0, 0.1) is 0 Å². The number of phenolic OH excluding ortho intramolecular Hbond substituents is 1. The molecule has 0 saturated heterocycles. The van der Waals surface area contributed by atoms with Crippen LogP contribution in [0.1, 0.15) is 70.3 Å². The molecule has 0 saturated carbocycles. The van der Waals surface area contributed by atoms with Crippen molar-refractivity contribution in [3.8, 4) is 11.5 Å². The Morgan fingerprint density at radius 1 is 1.17 bits per heavy atom. The molecule has 0 aliphatic rings. The van der Waals surface area contributed by atoms with Crippen LogP contribution in [-0.4, -0.2) is 24.7 Å².